The van der Waals surface area contributed by atoms with Crippen molar-refractivity contribution in [3.05, 3.63) is 23.8 Å². The number of hydrogen-bond donors (Lipinski definition) is 2. The first-order valence-corrected chi connectivity index (χ1v) is 8.75. The number of rotatable bonds is 5. The van der Waals surface area contributed by atoms with Crippen LogP contribution in [0.15, 0.2) is 23.1 Å². The van der Waals surface area contributed by atoms with Crippen molar-refractivity contribution in [1.29, 1.82) is 0 Å². The van der Waals surface area contributed by atoms with Crippen LogP contribution in [0.1, 0.15) is 32.8 Å². The number of anilines is 1. The summed E-state index contributed by atoms with van der Waals surface area (Å²) in [5.74, 6) is 0.781. The first kappa shape index (κ1) is 15.3. The fourth-order valence-electron chi connectivity index (χ4n) is 2.17. The molecule has 0 saturated heterocycles. The average molecular weight is 296 g/mol. The molecule has 0 spiro atoms. The quantitative estimate of drug-likeness (QED) is 0.878. The second-order valence-electron chi connectivity index (χ2n) is 5.92. The number of fused-ring (bicyclic) bond motifs is 1. The topological polar surface area (TPSA) is 58.2 Å². The van der Waals surface area contributed by atoms with Gasteiger partial charge in [0.25, 0.3) is 0 Å². The van der Waals surface area contributed by atoms with Gasteiger partial charge in [0.2, 0.25) is 10.0 Å². The number of hydrogen-bond acceptors (Lipinski definition) is 3. The monoisotopic (exact) mass is 296 g/mol. The molecule has 1 aliphatic heterocycles. The zero-order chi connectivity index (χ0) is 14.8. The first-order valence-electron chi connectivity index (χ1n) is 7.26. The van der Waals surface area contributed by atoms with Gasteiger partial charge in [-0.25, -0.2) is 13.1 Å². The lowest BCUT2D eigenvalue weighted by atomic mass is 9.99. The summed E-state index contributed by atoms with van der Waals surface area (Å²) in [6.45, 7) is 7.64. The fourth-order valence-corrected chi connectivity index (χ4v) is 3.34. The lowest BCUT2D eigenvalue weighted by Crippen LogP contribution is -2.30. The third-order valence-electron chi connectivity index (χ3n) is 4.06. The number of aryl methyl sites for hydroxylation is 1. The highest BCUT2D eigenvalue weighted by Crippen LogP contribution is 2.25. The van der Waals surface area contributed by atoms with Crippen LogP contribution in [-0.2, 0) is 16.4 Å². The lowest BCUT2D eigenvalue weighted by Gasteiger charge is -2.20. The highest BCUT2D eigenvalue weighted by Gasteiger charge is 2.19. The molecule has 0 aromatic heterocycles. The highest BCUT2D eigenvalue weighted by atomic mass is 32.2. The van der Waals surface area contributed by atoms with Crippen LogP contribution in [0.2, 0.25) is 0 Å². The summed E-state index contributed by atoms with van der Waals surface area (Å²) in [5.41, 5.74) is 2.15. The molecule has 2 N–H and O–H groups in total. The van der Waals surface area contributed by atoms with Gasteiger partial charge in [0.15, 0.2) is 0 Å². The Morgan fingerprint density at radius 1 is 1.30 bits per heavy atom. The Bertz CT molecular complexity index is 567. The maximum Gasteiger partial charge on any atom is 0.240 e. The summed E-state index contributed by atoms with van der Waals surface area (Å²) in [6, 6.07) is 5.37. The molecule has 5 heteroatoms. The van der Waals surface area contributed by atoms with Crippen LogP contribution < -0.4 is 10.0 Å². The summed E-state index contributed by atoms with van der Waals surface area (Å²) < 4.78 is 27.3. The number of nitrogens with one attached hydrogen (secondary N) is 2. The fraction of sp³-hybridized carbons (Fsp3) is 0.600. The summed E-state index contributed by atoms with van der Waals surface area (Å²) >= 11 is 0. The Balaban J connectivity index is 2.13. The van der Waals surface area contributed by atoms with Crippen molar-refractivity contribution in [2.45, 2.75) is 38.5 Å². The number of sulfonamides is 1. The molecule has 0 saturated carbocycles. The second-order valence-corrected chi connectivity index (χ2v) is 7.69. The molecule has 0 fully saturated rings. The molecule has 1 aromatic carbocycles. The molecule has 1 heterocycles. The van der Waals surface area contributed by atoms with E-state index in [1.165, 1.54) is 5.56 Å². The zero-order valence-electron chi connectivity index (χ0n) is 12.4. The molecular formula is C15H24N2O2S. The molecule has 0 amide bonds. The second kappa shape index (κ2) is 6.14. The molecule has 20 heavy (non-hydrogen) atoms. The summed E-state index contributed by atoms with van der Waals surface area (Å²) in [7, 11) is -3.41. The van der Waals surface area contributed by atoms with Gasteiger partial charge in [-0.05, 0) is 42.4 Å². The normalized spacial score (nSPS) is 16.6. The zero-order valence-corrected chi connectivity index (χ0v) is 13.3. The molecule has 1 atom stereocenters. The van der Waals surface area contributed by atoms with Crippen molar-refractivity contribution < 1.29 is 8.42 Å². The summed E-state index contributed by atoms with van der Waals surface area (Å²) in [5, 5.41) is 3.27. The van der Waals surface area contributed by atoms with Crippen molar-refractivity contribution in [2.24, 2.45) is 11.8 Å². The molecule has 4 nitrogen and oxygen atoms in total. The smallest absolute Gasteiger partial charge is 0.240 e. The van der Waals surface area contributed by atoms with Crippen LogP contribution in [0.3, 0.4) is 0 Å². The molecule has 1 aromatic rings. The Morgan fingerprint density at radius 2 is 2.05 bits per heavy atom. The van der Waals surface area contributed by atoms with E-state index in [1.807, 2.05) is 6.07 Å². The molecule has 2 rings (SSSR count). The van der Waals surface area contributed by atoms with Crippen molar-refractivity contribution >= 4 is 15.7 Å². The van der Waals surface area contributed by atoms with Gasteiger partial charge in [-0.3, -0.25) is 0 Å². The molecule has 0 bridgehead atoms. The van der Waals surface area contributed by atoms with Crippen LogP contribution in [0.5, 0.6) is 0 Å². The van der Waals surface area contributed by atoms with Crippen molar-refractivity contribution in [3.8, 4) is 0 Å². The van der Waals surface area contributed by atoms with Gasteiger partial charge in [-0.2, -0.15) is 0 Å². The van der Waals surface area contributed by atoms with Crippen LogP contribution in [0.4, 0.5) is 5.69 Å². The third kappa shape index (κ3) is 3.52. The lowest BCUT2D eigenvalue weighted by molar-refractivity contribution is 0.414. The maximum absolute atomic E-state index is 12.3. The molecule has 112 valence electrons. The van der Waals surface area contributed by atoms with Crippen molar-refractivity contribution in [1.82, 2.24) is 4.72 Å². The van der Waals surface area contributed by atoms with E-state index in [0.717, 1.165) is 25.1 Å². The summed E-state index contributed by atoms with van der Waals surface area (Å²) in [4.78, 5) is 0.349. The standard InChI is InChI=1S/C15H24N2O2S/c1-11(2)12(3)10-17-20(18,19)14-7-6-13-5-4-8-16-15(13)9-14/h6-7,9,11-12,16-17H,4-5,8,10H2,1-3H3. The van der Waals surface area contributed by atoms with Gasteiger partial charge in [-0.15, -0.1) is 0 Å². The van der Waals surface area contributed by atoms with Crippen LogP contribution in [0.25, 0.3) is 0 Å². The van der Waals surface area contributed by atoms with Gasteiger partial charge in [0, 0.05) is 18.8 Å². The molecule has 1 unspecified atom stereocenters. The molecule has 1 aliphatic rings. The molecule has 0 radical (unpaired) electrons. The summed E-state index contributed by atoms with van der Waals surface area (Å²) in [6.07, 6.45) is 2.11. The van der Waals surface area contributed by atoms with Gasteiger partial charge in [0.1, 0.15) is 0 Å². The minimum absolute atomic E-state index is 0.320. The van der Waals surface area contributed by atoms with Crippen LogP contribution in [0, 0.1) is 11.8 Å². The first-order chi connectivity index (χ1) is 9.40. The third-order valence-corrected chi connectivity index (χ3v) is 5.48. The predicted molar refractivity (Wildman–Crippen MR) is 82.4 cm³/mol. The Kier molecular flexibility index (Phi) is 4.70. The van der Waals surface area contributed by atoms with E-state index >= 15 is 0 Å². The highest BCUT2D eigenvalue weighted by molar-refractivity contribution is 7.89. The maximum atomic E-state index is 12.3. The van der Waals surface area contributed by atoms with Gasteiger partial charge in [-0.1, -0.05) is 26.8 Å². The van der Waals surface area contributed by atoms with Crippen LogP contribution >= 0.6 is 0 Å². The minimum Gasteiger partial charge on any atom is -0.385 e. The van der Waals surface area contributed by atoms with E-state index in [1.54, 1.807) is 12.1 Å². The van der Waals surface area contributed by atoms with E-state index < -0.39 is 10.0 Å². The predicted octanol–water partition coefficient (Wildman–Crippen LogP) is 2.62. The van der Waals surface area contributed by atoms with Gasteiger partial charge in [0.05, 0.1) is 4.90 Å². The largest absolute Gasteiger partial charge is 0.385 e. The van der Waals surface area contributed by atoms with E-state index in [4.69, 9.17) is 0 Å². The SMILES string of the molecule is CC(C)C(C)CNS(=O)(=O)c1ccc2c(c1)NCCC2. The Labute approximate surface area is 122 Å². The minimum atomic E-state index is -3.41. The van der Waals surface area contributed by atoms with E-state index in [9.17, 15) is 8.42 Å². The molecular weight excluding hydrogens is 272 g/mol. The Hall–Kier alpha value is -1.07. The van der Waals surface area contributed by atoms with E-state index in [-0.39, 0.29) is 0 Å². The van der Waals surface area contributed by atoms with Crippen LogP contribution in [-0.4, -0.2) is 21.5 Å². The van der Waals surface area contributed by atoms with E-state index in [0.29, 0.717) is 23.3 Å². The van der Waals surface area contributed by atoms with Gasteiger partial charge >= 0.3 is 0 Å². The van der Waals surface area contributed by atoms with E-state index in [2.05, 4.69) is 30.8 Å². The Morgan fingerprint density at radius 3 is 2.75 bits per heavy atom. The average Bonchev–Trinajstić information content (AvgIpc) is 2.44. The van der Waals surface area contributed by atoms with Crippen molar-refractivity contribution in [3.63, 3.8) is 0 Å². The van der Waals surface area contributed by atoms with Crippen molar-refractivity contribution in [2.75, 3.05) is 18.4 Å². The number of benzene rings is 1. The van der Waals surface area contributed by atoms with Gasteiger partial charge < -0.3 is 5.32 Å². The molecule has 0 aliphatic carbocycles.